The highest BCUT2D eigenvalue weighted by Gasteiger charge is 2.29. The quantitative estimate of drug-likeness (QED) is 0.793. The van der Waals surface area contributed by atoms with Crippen molar-refractivity contribution in [3.05, 3.63) is 0 Å². The minimum atomic E-state index is -0.699. The van der Waals surface area contributed by atoms with Gasteiger partial charge in [-0.15, -0.1) is 0 Å². The lowest BCUT2D eigenvalue weighted by Crippen LogP contribution is -2.49. The minimum Gasteiger partial charge on any atom is -0.481 e. The molecule has 2 atom stereocenters. The predicted molar refractivity (Wildman–Crippen MR) is 69.2 cm³/mol. The molecule has 17 heavy (non-hydrogen) atoms. The molecule has 0 aromatic rings. The van der Waals surface area contributed by atoms with E-state index in [0.717, 1.165) is 32.5 Å². The fraction of sp³-hybridized carbons (Fsp3) is 0.923. The molecular formula is C13H26N2O2. The van der Waals surface area contributed by atoms with Gasteiger partial charge in [0.15, 0.2) is 0 Å². The molecule has 1 rings (SSSR count). The topological polar surface area (TPSA) is 43.8 Å². The average molecular weight is 242 g/mol. The van der Waals surface area contributed by atoms with Gasteiger partial charge in [0, 0.05) is 12.1 Å². The highest BCUT2D eigenvalue weighted by molar-refractivity contribution is 5.70. The van der Waals surface area contributed by atoms with Crippen LogP contribution in [-0.2, 0) is 4.79 Å². The zero-order valence-corrected chi connectivity index (χ0v) is 11.5. The number of hydrogen-bond acceptors (Lipinski definition) is 3. The molecule has 0 aliphatic carbocycles. The van der Waals surface area contributed by atoms with Crippen LogP contribution in [0.25, 0.3) is 0 Å². The SMILES string of the molecule is CCN1CCC(N(C)C(C)C(C)C(=O)O)CC1. The summed E-state index contributed by atoms with van der Waals surface area (Å²) in [5, 5.41) is 9.04. The van der Waals surface area contributed by atoms with Gasteiger partial charge in [-0.3, -0.25) is 9.69 Å². The highest BCUT2D eigenvalue weighted by atomic mass is 16.4. The van der Waals surface area contributed by atoms with E-state index >= 15 is 0 Å². The molecular weight excluding hydrogens is 216 g/mol. The van der Waals surface area contributed by atoms with Crippen molar-refractivity contribution in [2.45, 2.75) is 45.7 Å². The molecule has 1 N–H and O–H groups in total. The van der Waals surface area contributed by atoms with Gasteiger partial charge in [0.2, 0.25) is 0 Å². The van der Waals surface area contributed by atoms with Gasteiger partial charge in [-0.1, -0.05) is 13.8 Å². The van der Waals surface area contributed by atoms with E-state index in [-0.39, 0.29) is 12.0 Å². The third-order valence-electron chi connectivity index (χ3n) is 4.34. The normalized spacial score (nSPS) is 22.6. The highest BCUT2D eigenvalue weighted by Crippen LogP contribution is 2.20. The van der Waals surface area contributed by atoms with Crippen molar-refractivity contribution in [2.75, 3.05) is 26.7 Å². The monoisotopic (exact) mass is 242 g/mol. The Morgan fingerprint density at radius 3 is 2.35 bits per heavy atom. The van der Waals surface area contributed by atoms with Crippen molar-refractivity contribution in [1.82, 2.24) is 9.80 Å². The van der Waals surface area contributed by atoms with Gasteiger partial charge in [-0.2, -0.15) is 0 Å². The van der Waals surface area contributed by atoms with Gasteiger partial charge in [0.1, 0.15) is 0 Å². The number of piperidine rings is 1. The van der Waals surface area contributed by atoms with Crippen molar-refractivity contribution in [3.63, 3.8) is 0 Å². The van der Waals surface area contributed by atoms with Crippen LogP contribution in [0.5, 0.6) is 0 Å². The van der Waals surface area contributed by atoms with E-state index in [1.807, 2.05) is 6.92 Å². The summed E-state index contributed by atoms with van der Waals surface area (Å²) in [5.74, 6) is -1.00. The second-order valence-corrected chi connectivity index (χ2v) is 5.20. The number of carboxylic acid groups (broad SMARTS) is 1. The Morgan fingerprint density at radius 2 is 1.94 bits per heavy atom. The molecule has 4 heteroatoms. The molecule has 0 saturated carbocycles. The molecule has 0 aromatic heterocycles. The Balaban J connectivity index is 2.48. The first-order valence-corrected chi connectivity index (χ1v) is 6.64. The lowest BCUT2D eigenvalue weighted by molar-refractivity contribution is -0.143. The summed E-state index contributed by atoms with van der Waals surface area (Å²) in [6.07, 6.45) is 2.31. The predicted octanol–water partition coefficient (Wildman–Crippen LogP) is 1.51. The third kappa shape index (κ3) is 3.68. The summed E-state index contributed by atoms with van der Waals surface area (Å²) in [6.45, 7) is 9.41. The Morgan fingerprint density at radius 1 is 1.41 bits per heavy atom. The molecule has 2 unspecified atom stereocenters. The molecule has 0 aromatic carbocycles. The number of aliphatic carboxylic acids is 1. The van der Waals surface area contributed by atoms with Crippen molar-refractivity contribution >= 4 is 5.97 Å². The first kappa shape index (κ1) is 14.5. The van der Waals surface area contributed by atoms with Crippen molar-refractivity contribution in [2.24, 2.45) is 5.92 Å². The van der Waals surface area contributed by atoms with Gasteiger partial charge in [0.25, 0.3) is 0 Å². The molecule has 0 bridgehead atoms. The number of hydrogen-bond donors (Lipinski definition) is 1. The molecule has 0 radical (unpaired) electrons. The first-order chi connectivity index (χ1) is 7.97. The Bertz CT molecular complexity index is 250. The maximum atomic E-state index is 11.0. The van der Waals surface area contributed by atoms with Crippen LogP contribution in [0.15, 0.2) is 0 Å². The smallest absolute Gasteiger partial charge is 0.307 e. The van der Waals surface area contributed by atoms with Crippen LogP contribution in [-0.4, -0.2) is 59.6 Å². The molecule has 1 aliphatic rings. The third-order valence-corrected chi connectivity index (χ3v) is 4.34. The van der Waals surface area contributed by atoms with Crippen LogP contribution in [0, 0.1) is 5.92 Å². The second-order valence-electron chi connectivity index (χ2n) is 5.20. The van der Waals surface area contributed by atoms with E-state index < -0.39 is 5.97 Å². The van der Waals surface area contributed by atoms with Gasteiger partial charge < -0.3 is 10.0 Å². The van der Waals surface area contributed by atoms with Crippen LogP contribution < -0.4 is 0 Å². The van der Waals surface area contributed by atoms with E-state index in [4.69, 9.17) is 5.11 Å². The average Bonchev–Trinajstić information content (AvgIpc) is 2.36. The Hall–Kier alpha value is -0.610. The minimum absolute atomic E-state index is 0.102. The van der Waals surface area contributed by atoms with Gasteiger partial charge in [-0.25, -0.2) is 0 Å². The number of rotatable bonds is 5. The molecule has 1 heterocycles. The van der Waals surface area contributed by atoms with Crippen molar-refractivity contribution in [3.8, 4) is 0 Å². The lowest BCUT2D eigenvalue weighted by atomic mass is 9.97. The van der Waals surface area contributed by atoms with E-state index in [1.54, 1.807) is 6.92 Å². The van der Waals surface area contributed by atoms with E-state index in [0.29, 0.717) is 6.04 Å². The van der Waals surface area contributed by atoms with Gasteiger partial charge >= 0.3 is 5.97 Å². The Kier molecular flexibility index (Phi) is 5.40. The van der Waals surface area contributed by atoms with Crippen LogP contribution in [0.2, 0.25) is 0 Å². The summed E-state index contributed by atoms with van der Waals surface area (Å²) >= 11 is 0. The maximum Gasteiger partial charge on any atom is 0.307 e. The molecule has 1 fully saturated rings. The standard InChI is InChI=1S/C13H26N2O2/c1-5-15-8-6-12(7-9-15)14(4)11(3)10(2)13(16)17/h10-12H,5-9H2,1-4H3,(H,16,17). The molecule has 1 saturated heterocycles. The van der Waals surface area contributed by atoms with Gasteiger partial charge in [-0.05, 0) is 46.4 Å². The molecule has 4 nitrogen and oxygen atoms in total. The summed E-state index contributed by atoms with van der Waals surface area (Å²) in [7, 11) is 2.07. The largest absolute Gasteiger partial charge is 0.481 e. The zero-order valence-electron chi connectivity index (χ0n) is 11.5. The maximum absolute atomic E-state index is 11.0. The Labute approximate surface area is 105 Å². The summed E-state index contributed by atoms with van der Waals surface area (Å²) in [5.41, 5.74) is 0. The van der Waals surface area contributed by atoms with Crippen LogP contribution >= 0.6 is 0 Å². The fourth-order valence-corrected chi connectivity index (χ4v) is 2.53. The summed E-state index contributed by atoms with van der Waals surface area (Å²) < 4.78 is 0. The van der Waals surface area contributed by atoms with E-state index in [2.05, 4.69) is 23.8 Å². The number of nitrogens with zero attached hydrogens (tertiary/aromatic N) is 2. The van der Waals surface area contributed by atoms with Crippen LogP contribution in [0.3, 0.4) is 0 Å². The number of likely N-dealkylation sites (tertiary alicyclic amines) is 1. The van der Waals surface area contributed by atoms with Crippen molar-refractivity contribution in [1.29, 1.82) is 0 Å². The summed E-state index contributed by atoms with van der Waals surface area (Å²) in [4.78, 5) is 15.7. The van der Waals surface area contributed by atoms with Gasteiger partial charge in [0.05, 0.1) is 5.92 Å². The molecule has 1 aliphatic heterocycles. The van der Waals surface area contributed by atoms with E-state index in [1.165, 1.54) is 0 Å². The second kappa shape index (κ2) is 6.36. The summed E-state index contributed by atoms with van der Waals surface area (Å²) in [6, 6.07) is 0.639. The zero-order chi connectivity index (χ0) is 13.0. The molecule has 0 spiro atoms. The fourth-order valence-electron chi connectivity index (χ4n) is 2.53. The first-order valence-electron chi connectivity index (χ1n) is 6.64. The molecule has 0 amide bonds. The lowest BCUT2D eigenvalue weighted by Gasteiger charge is -2.40. The van der Waals surface area contributed by atoms with Crippen LogP contribution in [0.4, 0.5) is 0 Å². The van der Waals surface area contributed by atoms with Crippen molar-refractivity contribution < 1.29 is 9.90 Å². The van der Waals surface area contributed by atoms with E-state index in [9.17, 15) is 4.79 Å². The number of carboxylic acids is 1. The van der Waals surface area contributed by atoms with Crippen LogP contribution in [0.1, 0.15) is 33.6 Å². The number of carbonyl (C=O) groups is 1. The molecule has 100 valence electrons.